The van der Waals surface area contributed by atoms with Crippen molar-refractivity contribution in [2.45, 2.75) is 19.3 Å². The quantitative estimate of drug-likeness (QED) is 0.663. The number of rotatable bonds is 7. The zero-order valence-corrected chi connectivity index (χ0v) is 18.2. The Morgan fingerprint density at radius 2 is 2.03 bits per heavy atom. The number of anilines is 1. The maximum absolute atomic E-state index is 12.4. The number of hydrogen-bond donors (Lipinski definition) is 2. The van der Waals surface area contributed by atoms with Gasteiger partial charge in [-0.2, -0.15) is 5.26 Å². The van der Waals surface area contributed by atoms with Gasteiger partial charge in [-0.1, -0.05) is 17.8 Å². The molecule has 0 saturated heterocycles. The average Bonchev–Trinajstić information content (AvgIpc) is 3.27. The number of carbonyl (C=O) groups is 2. The fourth-order valence-electron chi connectivity index (χ4n) is 3.48. The van der Waals surface area contributed by atoms with Crippen LogP contribution in [0.25, 0.3) is 0 Å². The van der Waals surface area contributed by atoms with E-state index < -0.39 is 5.92 Å². The number of nitrogens with zero attached hydrogens (tertiary/aromatic N) is 1. The number of carbonyl (C=O) groups excluding carboxylic acids is 2. The molecule has 8 nitrogen and oxygen atoms in total. The molecule has 0 saturated carbocycles. The third kappa shape index (κ3) is 4.81. The summed E-state index contributed by atoms with van der Waals surface area (Å²) in [5, 5.41) is 15.7. The van der Waals surface area contributed by atoms with E-state index in [1.165, 1.54) is 0 Å². The highest BCUT2D eigenvalue weighted by Gasteiger charge is 2.31. The fourth-order valence-corrected chi connectivity index (χ4v) is 4.36. The van der Waals surface area contributed by atoms with E-state index in [2.05, 4.69) is 16.7 Å². The largest absolute Gasteiger partial charge is 0.494 e. The molecule has 0 spiro atoms. The lowest BCUT2D eigenvalue weighted by atomic mass is 9.87. The molecule has 2 amide bonds. The van der Waals surface area contributed by atoms with Gasteiger partial charge in [-0.05, 0) is 48.9 Å². The Morgan fingerprint density at radius 1 is 1.25 bits per heavy atom. The molecule has 9 heteroatoms. The number of hydrogen-bond acceptors (Lipinski definition) is 7. The Kier molecular flexibility index (Phi) is 6.52. The van der Waals surface area contributed by atoms with Crippen LogP contribution in [0.5, 0.6) is 17.2 Å². The second kappa shape index (κ2) is 9.66. The van der Waals surface area contributed by atoms with E-state index in [-0.39, 0.29) is 30.8 Å². The number of thioether (sulfide) groups is 1. The van der Waals surface area contributed by atoms with Crippen LogP contribution < -0.4 is 24.8 Å². The number of nitriles is 1. The first-order valence-corrected chi connectivity index (χ1v) is 11.0. The minimum Gasteiger partial charge on any atom is -0.494 e. The number of allylic oxidation sites excluding steroid dienone is 1. The molecule has 4 rings (SSSR count). The summed E-state index contributed by atoms with van der Waals surface area (Å²) in [4.78, 5) is 24.7. The lowest BCUT2D eigenvalue weighted by Crippen LogP contribution is -2.31. The third-order valence-corrected chi connectivity index (χ3v) is 5.97. The van der Waals surface area contributed by atoms with Crippen molar-refractivity contribution in [3.05, 3.63) is 58.6 Å². The van der Waals surface area contributed by atoms with Crippen molar-refractivity contribution in [2.24, 2.45) is 0 Å². The summed E-state index contributed by atoms with van der Waals surface area (Å²) in [6.45, 7) is 2.62. The second-order valence-corrected chi connectivity index (χ2v) is 8.05. The summed E-state index contributed by atoms with van der Waals surface area (Å²) in [5.74, 6) is 1.13. The molecular formula is C23H21N3O5S. The van der Waals surface area contributed by atoms with Gasteiger partial charge in [0.05, 0.1) is 29.0 Å². The summed E-state index contributed by atoms with van der Waals surface area (Å²) in [6, 6.07) is 14.7. The average molecular weight is 452 g/mol. The van der Waals surface area contributed by atoms with Gasteiger partial charge in [-0.3, -0.25) is 9.59 Å². The summed E-state index contributed by atoms with van der Waals surface area (Å²) in [5.41, 5.74) is 1.85. The van der Waals surface area contributed by atoms with Gasteiger partial charge >= 0.3 is 0 Å². The van der Waals surface area contributed by atoms with Crippen molar-refractivity contribution >= 4 is 29.3 Å². The highest BCUT2D eigenvalue weighted by atomic mass is 32.2. The first kappa shape index (κ1) is 21.6. The summed E-state index contributed by atoms with van der Waals surface area (Å²) >= 11 is 1.13. The maximum atomic E-state index is 12.4. The van der Waals surface area contributed by atoms with Gasteiger partial charge in [0.2, 0.25) is 18.6 Å². The first-order valence-electron chi connectivity index (χ1n) is 10.1. The molecule has 0 aliphatic carbocycles. The molecule has 32 heavy (non-hydrogen) atoms. The molecule has 2 aromatic rings. The Bertz CT molecular complexity index is 1110. The number of amides is 2. The van der Waals surface area contributed by atoms with Crippen molar-refractivity contribution in [2.75, 3.05) is 24.5 Å². The summed E-state index contributed by atoms with van der Waals surface area (Å²) in [7, 11) is 0. The number of ether oxygens (including phenoxy) is 3. The molecule has 0 unspecified atom stereocenters. The molecule has 2 heterocycles. The minimum absolute atomic E-state index is 0.0435. The predicted octanol–water partition coefficient (Wildman–Crippen LogP) is 3.52. The molecule has 0 aromatic heterocycles. The van der Waals surface area contributed by atoms with Gasteiger partial charge in [0.15, 0.2) is 11.5 Å². The van der Waals surface area contributed by atoms with Crippen molar-refractivity contribution in [3.8, 4) is 23.3 Å². The van der Waals surface area contributed by atoms with Gasteiger partial charge in [0.25, 0.3) is 0 Å². The third-order valence-electron chi connectivity index (χ3n) is 4.95. The van der Waals surface area contributed by atoms with E-state index in [1.807, 2.05) is 13.0 Å². The molecule has 0 fully saturated rings. The van der Waals surface area contributed by atoms with E-state index in [9.17, 15) is 14.9 Å². The maximum Gasteiger partial charge on any atom is 0.234 e. The molecule has 2 aliphatic rings. The van der Waals surface area contributed by atoms with Crippen LogP contribution in [0.3, 0.4) is 0 Å². The Hall–Kier alpha value is -3.64. The Labute approximate surface area is 189 Å². The van der Waals surface area contributed by atoms with E-state index in [1.54, 1.807) is 36.4 Å². The fraction of sp³-hybridized carbons (Fsp3) is 0.261. The molecule has 0 bridgehead atoms. The van der Waals surface area contributed by atoms with E-state index in [0.717, 1.165) is 23.1 Å². The molecule has 2 aliphatic heterocycles. The van der Waals surface area contributed by atoms with Crippen LogP contribution in [0, 0.1) is 11.3 Å². The number of fused-ring (bicyclic) bond motifs is 1. The standard InChI is InChI=1S/C23H21N3O5S/c1-2-29-16-6-4-15(5-7-16)25-22(28)12-32-23-18(11-24)17(10-21(27)26-23)14-3-8-19-20(9-14)31-13-30-19/h3-9,17H,2,10,12-13H2,1H3,(H,25,28)(H,26,27)/t17-/m0/s1. The van der Waals surface area contributed by atoms with Gasteiger partial charge in [-0.15, -0.1) is 0 Å². The smallest absolute Gasteiger partial charge is 0.234 e. The van der Waals surface area contributed by atoms with E-state index >= 15 is 0 Å². The highest BCUT2D eigenvalue weighted by molar-refractivity contribution is 8.03. The molecule has 0 radical (unpaired) electrons. The monoisotopic (exact) mass is 451 g/mol. The van der Waals surface area contributed by atoms with Crippen LogP contribution in [-0.2, 0) is 9.59 Å². The van der Waals surface area contributed by atoms with Crippen LogP contribution in [0.15, 0.2) is 53.1 Å². The van der Waals surface area contributed by atoms with E-state index in [4.69, 9.17) is 14.2 Å². The Balaban J connectivity index is 1.45. The molecular weight excluding hydrogens is 430 g/mol. The van der Waals surface area contributed by atoms with Gasteiger partial charge < -0.3 is 24.8 Å². The van der Waals surface area contributed by atoms with Gasteiger partial charge in [0.1, 0.15) is 5.75 Å². The molecule has 1 atom stereocenters. The van der Waals surface area contributed by atoms with Crippen molar-refractivity contribution in [3.63, 3.8) is 0 Å². The summed E-state index contributed by atoms with van der Waals surface area (Å²) < 4.78 is 16.1. The van der Waals surface area contributed by atoms with Crippen LogP contribution in [0.2, 0.25) is 0 Å². The molecule has 2 N–H and O–H groups in total. The normalized spacial score (nSPS) is 16.9. The molecule has 2 aromatic carbocycles. The highest BCUT2D eigenvalue weighted by Crippen LogP contribution is 2.40. The Morgan fingerprint density at radius 3 is 2.78 bits per heavy atom. The number of nitrogens with one attached hydrogen (secondary N) is 2. The van der Waals surface area contributed by atoms with Crippen LogP contribution in [0.1, 0.15) is 24.8 Å². The van der Waals surface area contributed by atoms with Crippen molar-refractivity contribution in [1.82, 2.24) is 5.32 Å². The van der Waals surface area contributed by atoms with Crippen LogP contribution >= 0.6 is 11.8 Å². The van der Waals surface area contributed by atoms with Crippen molar-refractivity contribution in [1.29, 1.82) is 5.26 Å². The lowest BCUT2D eigenvalue weighted by molar-refractivity contribution is -0.121. The minimum atomic E-state index is -0.417. The predicted molar refractivity (Wildman–Crippen MR) is 119 cm³/mol. The zero-order chi connectivity index (χ0) is 22.5. The van der Waals surface area contributed by atoms with E-state index in [0.29, 0.717) is 34.4 Å². The SMILES string of the molecule is CCOc1ccc(NC(=O)CSC2=C(C#N)[C@H](c3ccc4c(c3)OCO4)CC(=O)N2)cc1. The van der Waals surface area contributed by atoms with Gasteiger partial charge in [-0.25, -0.2) is 0 Å². The van der Waals surface area contributed by atoms with Crippen LogP contribution in [-0.4, -0.2) is 31.0 Å². The van der Waals surface area contributed by atoms with Crippen LogP contribution in [0.4, 0.5) is 5.69 Å². The topological polar surface area (TPSA) is 110 Å². The zero-order valence-electron chi connectivity index (χ0n) is 17.3. The van der Waals surface area contributed by atoms with Crippen molar-refractivity contribution < 1.29 is 23.8 Å². The lowest BCUT2D eigenvalue weighted by Gasteiger charge is -2.25. The van der Waals surface area contributed by atoms with Gasteiger partial charge in [0, 0.05) is 18.0 Å². The molecule has 164 valence electrons. The summed E-state index contributed by atoms with van der Waals surface area (Å²) in [6.07, 6.45) is 0.144. The second-order valence-electron chi connectivity index (χ2n) is 7.07. The number of benzene rings is 2. The first-order chi connectivity index (χ1) is 15.6.